The van der Waals surface area contributed by atoms with E-state index in [0.717, 1.165) is 6.29 Å². The molecule has 0 fully saturated rings. The largest absolute Gasteiger partial charge is 0.493 e. The number of aldehydes is 1. The maximum absolute atomic E-state index is 10.8. The molecule has 0 aliphatic carbocycles. The van der Waals surface area contributed by atoms with Crippen molar-refractivity contribution in [1.82, 2.24) is 0 Å². The maximum Gasteiger partial charge on any atom is 0.273 e. The fraction of sp³-hybridized carbons (Fsp3) is 0.0714. The first-order valence-electron chi connectivity index (χ1n) is 5.69. The van der Waals surface area contributed by atoms with E-state index in [4.69, 9.17) is 9.47 Å². The van der Waals surface area contributed by atoms with Crippen LogP contribution in [0.3, 0.4) is 0 Å². The summed E-state index contributed by atoms with van der Waals surface area (Å²) >= 11 is 0. The Morgan fingerprint density at radius 1 is 1.10 bits per heavy atom. The molecule has 0 unspecified atom stereocenters. The van der Waals surface area contributed by atoms with E-state index >= 15 is 0 Å². The minimum absolute atomic E-state index is 0.0923. The van der Waals surface area contributed by atoms with Gasteiger partial charge in [0, 0.05) is 11.6 Å². The zero-order chi connectivity index (χ0) is 14.5. The first-order valence-corrected chi connectivity index (χ1v) is 5.69. The zero-order valence-electron chi connectivity index (χ0n) is 10.6. The molecule has 0 amide bonds. The van der Waals surface area contributed by atoms with Crippen LogP contribution in [0, 0.1) is 10.1 Å². The predicted molar refractivity (Wildman–Crippen MR) is 71.6 cm³/mol. The van der Waals surface area contributed by atoms with Crippen LogP contribution in [-0.2, 0) is 0 Å². The number of nitro benzene ring substituents is 1. The van der Waals surface area contributed by atoms with Crippen LogP contribution in [0.5, 0.6) is 17.2 Å². The van der Waals surface area contributed by atoms with Crippen molar-refractivity contribution >= 4 is 12.0 Å². The van der Waals surface area contributed by atoms with Crippen molar-refractivity contribution in [3.63, 3.8) is 0 Å². The van der Waals surface area contributed by atoms with E-state index in [0.29, 0.717) is 17.1 Å². The van der Waals surface area contributed by atoms with Crippen LogP contribution in [0.2, 0.25) is 0 Å². The Bertz CT molecular complexity index is 637. The number of nitro groups is 1. The fourth-order valence-electron chi connectivity index (χ4n) is 1.60. The van der Waals surface area contributed by atoms with Crippen molar-refractivity contribution in [1.29, 1.82) is 0 Å². The first-order chi connectivity index (χ1) is 9.63. The monoisotopic (exact) mass is 273 g/mol. The highest BCUT2D eigenvalue weighted by molar-refractivity contribution is 5.74. The molecule has 0 heterocycles. The third kappa shape index (κ3) is 2.92. The van der Waals surface area contributed by atoms with Gasteiger partial charge in [-0.15, -0.1) is 0 Å². The van der Waals surface area contributed by atoms with Gasteiger partial charge in [-0.05, 0) is 30.3 Å². The van der Waals surface area contributed by atoms with Crippen LogP contribution in [-0.4, -0.2) is 18.3 Å². The molecule has 0 atom stereocenters. The average Bonchev–Trinajstić information content (AvgIpc) is 2.48. The van der Waals surface area contributed by atoms with Gasteiger partial charge >= 0.3 is 0 Å². The van der Waals surface area contributed by atoms with Gasteiger partial charge in [-0.3, -0.25) is 14.9 Å². The van der Waals surface area contributed by atoms with E-state index in [2.05, 4.69) is 0 Å². The molecule has 102 valence electrons. The van der Waals surface area contributed by atoms with Crippen molar-refractivity contribution < 1.29 is 19.2 Å². The van der Waals surface area contributed by atoms with Gasteiger partial charge in [-0.1, -0.05) is 0 Å². The van der Waals surface area contributed by atoms with Gasteiger partial charge in [0.2, 0.25) is 0 Å². The number of benzene rings is 2. The van der Waals surface area contributed by atoms with Crippen LogP contribution < -0.4 is 9.47 Å². The fourth-order valence-corrected chi connectivity index (χ4v) is 1.60. The lowest BCUT2D eigenvalue weighted by atomic mass is 10.2. The second kappa shape index (κ2) is 5.83. The zero-order valence-corrected chi connectivity index (χ0v) is 10.6. The number of ether oxygens (including phenoxy) is 2. The summed E-state index contributed by atoms with van der Waals surface area (Å²) in [7, 11) is 1.45. The first kappa shape index (κ1) is 13.5. The van der Waals surface area contributed by atoms with Gasteiger partial charge < -0.3 is 9.47 Å². The number of hydrogen-bond acceptors (Lipinski definition) is 5. The highest BCUT2D eigenvalue weighted by atomic mass is 16.6. The van der Waals surface area contributed by atoms with Gasteiger partial charge in [0.1, 0.15) is 12.0 Å². The predicted octanol–water partition coefficient (Wildman–Crippen LogP) is 3.21. The Kier molecular flexibility index (Phi) is 3.95. The van der Waals surface area contributed by atoms with E-state index in [-0.39, 0.29) is 11.4 Å². The second-order valence-corrected chi connectivity index (χ2v) is 3.88. The molecule has 0 spiro atoms. The Morgan fingerprint density at radius 2 is 1.80 bits per heavy atom. The number of methoxy groups -OCH3 is 1. The molecular weight excluding hydrogens is 262 g/mol. The third-order valence-corrected chi connectivity index (χ3v) is 2.60. The van der Waals surface area contributed by atoms with Crippen molar-refractivity contribution in [2.24, 2.45) is 0 Å². The number of nitrogens with zero attached hydrogens (tertiary/aromatic N) is 1. The van der Waals surface area contributed by atoms with Crippen LogP contribution in [0.25, 0.3) is 0 Å². The molecule has 0 bridgehead atoms. The summed E-state index contributed by atoms with van der Waals surface area (Å²) in [6.45, 7) is 0. The number of carbonyl (C=O) groups excluding carboxylic acids is 1. The molecule has 20 heavy (non-hydrogen) atoms. The Hall–Kier alpha value is -2.89. The van der Waals surface area contributed by atoms with Crippen molar-refractivity contribution in [2.75, 3.05) is 7.11 Å². The topological polar surface area (TPSA) is 78.7 Å². The number of rotatable bonds is 5. The third-order valence-electron chi connectivity index (χ3n) is 2.60. The highest BCUT2D eigenvalue weighted by Gasteiger charge is 2.13. The van der Waals surface area contributed by atoms with Gasteiger partial charge in [0.05, 0.1) is 18.1 Å². The summed E-state index contributed by atoms with van der Waals surface area (Å²) in [4.78, 5) is 20.8. The summed E-state index contributed by atoms with van der Waals surface area (Å²) in [5, 5.41) is 10.8. The standard InChI is InChI=1S/C14H11NO5/c1-19-13-7-4-11(15(17)18)8-14(13)20-12-5-2-10(9-16)3-6-12/h2-9H,1H3. The Labute approximate surface area is 114 Å². The molecule has 2 aromatic rings. The van der Waals surface area contributed by atoms with E-state index in [1.54, 1.807) is 24.3 Å². The van der Waals surface area contributed by atoms with E-state index in [1.165, 1.54) is 25.3 Å². The Morgan fingerprint density at radius 3 is 2.35 bits per heavy atom. The van der Waals surface area contributed by atoms with Gasteiger partial charge in [-0.25, -0.2) is 0 Å². The summed E-state index contributed by atoms with van der Waals surface area (Å²) in [6, 6.07) is 10.5. The minimum atomic E-state index is -0.512. The van der Waals surface area contributed by atoms with E-state index in [1.807, 2.05) is 0 Å². The molecule has 0 saturated carbocycles. The van der Waals surface area contributed by atoms with E-state index < -0.39 is 4.92 Å². The van der Waals surface area contributed by atoms with Crippen LogP contribution >= 0.6 is 0 Å². The van der Waals surface area contributed by atoms with Gasteiger partial charge in [0.25, 0.3) is 5.69 Å². The van der Waals surface area contributed by atoms with E-state index in [9.17, 15) is 14.9 Å². The SMILES string of the molecule is COc1ccc([N+](=O)[O-])cc1Oc1ccc(C=O)cc1. The number of carbonyl (C=O) groups is 1. The van der Waals surface area contributed by atoms with Crippen molar-refractivity contribution in [3.05, 3.63) is 58.1 Å². The molecule has 0 radical (unpaired) electrons. The quantitative estimate of drug-likeness (QED) is 0.475. The highest BCUT2D eigenvalue weighted by Crippen LogP contribution is 2.34. The number of hydrogen-bond donors (Lipinski definition) is 0. The molecule has 2 aromatic carbocycles. The molecule has 0 N–H and O–H groups in total. The minimum Gasteiger partial charge on any atom is -0.493 e. The molecule has 2 rings (SSSR count). The van der Waals surface area contributed by atoms with Crippen LogP contribution in [0.1, 0.15) is 10.4 Å². The van der Waals surface area contributed by atoms with Crippen LogP contribution in [0.15, 0.2) is 42.5 Å². The lowest BCUT2D eigenvalue weighted by Crippen LogP contribution is -1.93. The lowest BCUT2D eigenvalue weighted by Gasteiger charge is -2.10. The second-order valence-electron chi connectivity index (χ2n) is 3.88. The van der Waals surface area contributed by atoms with Crippen molar-refractivity contribution in [2.45, 2.75) is 0 Å². The summed E-state index contributed by atoms with van der Waals surface area (Å²) < 4.78 is 10.6. The molecule has 0 aromatic heterocycles. The molecule has 6 nitrogen and oxygen atoms in total. The molecule has 0 saturated heterocycles. The summed E-state index contributed by atoms with van der Waals surface area (Å²) in [5.41, 5.74) is 0.425. The smallest absolute Gasteiger partial charge is 0.273 e. The van der Waals surface area contributed by atoms with Crippen molar-refractivity contribution in [3.8, 4) is 17.2 Å². The van der Waals surface area contributed by atoms with Crippen LogP contribution in [0.4, 0.5) is 5.69 Å². The average molecular weight is 273 g/mol. The molecular formula is C14H11NO5. The maximum atomic E-state index is 10.8. The summed E-state index contributed by atoms with van der Waals surface area (Å²) in [6.07, 6.45) is 0.720. The van der Waals surface area contributed by atoms with Gasteiger partial charge in [0.15, 0.2) is 11.5 Å². The summed E-state index contributed by atoms with van der Waals surface area (Å²) in [5.74, 6) is 1.07. The molecule has 0 aliphatic heterocycles. The van der Waals surface area contributed by atoms with Gasteiger partial charge in [-0.2, -0.15) is 0 Å². The Balaban J connectivity index is 2.32. The molecule has 6 heteroatoms. The number of non-ortho nitro benzene ring substituents is 1. The normalized spacial score (nSPS) is 9.85. The molecule has 0 aliphatic rings. The lowest BCUT2D eigenvalue weighted by molar-refractivity contribution is -0.384.